The predicted molar refractivity (Wildman–Crippen MR) is 65.6 cm³/mol. The Morgan fingerprint density at radius 3 is 2.65 bits per heavy atom. The van der Waals surface area contributed by atoms with Crippen LogP contribution in [0.5, 0.6) is 0 Å². The minimum atomic E-state index is -0.735. The summed E-state index contributed by atoms with van der Waals surface area (Å²) in [5.41, 5.74) is 0. The number of carboxylic acid groups (broad SMARTS) is 1. The van der Waals surface area contributed by atoms with Gasteiger partial charge < -0.3 is 10.4 Å². The second kappa shape index (κ2) is 6.62. The topological polar surface area (TPSA) is 66.4 Å². The standard InChI is InChI=1S/C13H23NO3/c1-3-4-9(2)7-12(15)14-11-6-5-10(8-11)13(16)17/h9-11H,3-8H2,1-2H3,(H,14,15)(H,16,17)/t9?,10-,11+/m0/s1. The summed E-state index contributed by atoms with van der Waals surface area (Å²) >= 11 is 0. The summed E-state index contributed by atoms with van der Waals surface area (Å²) in [5, 5.41) is 11.8. The van der Waals surface area contributed by atoms with E-state index >= 15 is 0 Å². The van der Waals surface area contributed by atoms with Crippen molar-refractivity contribution in [2.45, 2.75) is 58.4 Å². The van der Waals surface area contributed by atoms with Crippen molar-refractivity contribution in [2.24, 2.45) is 11.8 Å². The first-order valence-electron chi connectivity index (χ1n) is 6.55. The van der Waals surface area contributed by atoms with Crippen molar-refractivity contribution >= 4 is 11.9 Å². The van der Waals surface area contributed by atoms with Crippen LogP contribution in [0.3, 0.4) is 0 Å². The summed E-state index contributed by atoms with van der Waals surface area (Å²) in [4.78, 5) is 22.5. The SMILES string of the molecule is CCCC(C)CC(=O)N[C@@H]1CC[C@H](C(=O)O)C1. The zero-order chi connectivity index (χ0) is 12.8. The first-order chi connectivity index (χ1) is 8.02. The second-order valence-corrected chi connectivity index (χ2v) is 5.21. The fourth-order valence-electron chi connectivity index (χ4n) is 2.53. The summed E-state index contributed by atoms with van der Waals surface area (Å²) in [7, 11) is 0. The first-order valence-corrected chi connectivity index (χ1v) is 6.55. The first kappa shape index (κ1) is 14.0. The highest BCUT2D eigenvalue weighted by Crippen LogP contribution is 2.25. The molecule has 0 aromatic heterocycles. The van der Waals surface area contributed by atoms with Crippen LogP contribution in [-0.2, 0) is 9.59 Å². The Balaban J connectivity index is 2.26. The Morgan fingerprint density at radius 1 is 1.41 bits per heavy atom. The summed E-state index contributed by atoms with van der Waals surface area (Å²) in [6, 6.07) is 0.0671. The van der Waals surface area contributed by atoms with Gasteiger partial charge in [0.1, 0.15) is 0 Å². The number of carbonyl (C=O) groups is 2. The quantitative estimate of drug-likeness (QED) is 0.749. The summed E-state index contributed by atoms with van der Waals surface area (Å²) in [5.74, 6) is -0.520. The van der Waals surface area contributed by atoms with E-state index in [0.29, 0.717) is 25.2 Å². The monoisotopic (exact) mass is 241 g/mol. The van der Waals surface area contributed by atoms with E-state index in [1.165, 1.54) is 0 Å². The molecule has 1 amide bonds. The number of hydrogen-bond donors (Lipinski definition) is 2. The molecule has 0 aliphatic heterocycles. The molecule has 1 rings (SSSR count). The van der Waals surface area contributed by atoms with E-state index in [1.807, 2.05) is 0 Å². The van der Waals surface area contributed by atoms with Gasteiger partial charge in [0.25, 0.3) is 0 Å². The Bertz CT molecular complexity index is 278. The van der Waals surface area contributed by atoms with Gasteiger partial charge in [-0.05, 0) is 25.2 Å². The third-order valence-corrected chi connectivity index (χ3v) is 3.46. The van der Waals surface area contributed by atoms with Gasteiger partial charge in [-0.2, -0.15) is 0 Å². The molecule has 0 radical (unpaired) electrons. The van der Waals surface area contributed by atoms with Crippen molar-refractivity contribution in [1.29, 1.82) is 0 Å². The van der Waals surface area contributed by atoms with Crippen LogP contribution in [0, 0.1) is 11.8 Å². The number of hydrogen-bond acceptors (Lipinski definition) is 2. The molecule has 1 saturated carbocycles. The van der Waals surface area contributed by atoms with Gasteiger partial charge in [0, 0.05) is 12.5 Å². The highest BCUT2D eigenvalue weighted by Gasteiger charge is 2.30. The van der Waals surface area contributed by atoms with Crippen LogP contribution < -0.4 is 5.32 Å². The lowest BCUT2D eigenvalue weighted by Crippen LogP contribution is -2.34. The van der Waals surface area contributed by atoms with E-state index < -0.39 is 5.97 Å². The Labute approximate surface area is 103 Å². The van der Waals surface area contributed by atoms with Gasteiger partial charge in [0.15, 0.2) is 0 Å². The molecule has 4 nitrogen and oxygen atoms in total. The zero-order valence-corrected chi connectivity index (χ0v) is 10.7. The number of rotatable bonds is 6. The molecule has 0 spiro atoms. The van der Waals surface area contributed by atoms with E-state index in [2.05, 4.69) is 19.2 Å². The Kier molecular flexibility index (Phi) is 5.45. The largest absolute Gasteiger partial charge is 0.481 e. The Hall–Kier alpha value is -1.06. The van der Waals surface area contributed by atoms with Crippen molar-refractivity contribution < 1.29 is 14.7 Å². The molecule has 1 fully saturated rings. The van der Waals surface area contributed by atoms with Crippen molar-refractivity contribution in [3.63, 3.8) is 0 Å². The fraction of sp³-hybridized carbons (Fsp3) is 0.846. The van der Waals surface area contributed by atoms with Crippen LogP contribution in [0.4, 0.5) is 0 Å². The fourth-order valence-corrected chi connectivity index (χ4v) is 2.53. The molecular weight excluding hydrogens is 218 g/mol. The molecule has 1 aliphatic rings. The van der Waals surface area contributed by atoms with Crippen molar-refractivity contribution in [3.8, 4) is 0 Å². The molecule has 1 unspecified atom stereocenters. The molecule has 3 atom stereocenters. The summed E-state index contributed by atoms with van der Waals surface area (Å²) in [6.07, 6.45) is 4.79. The molecule has 0 heterocycles. The van der Waals surface area contributed by atoms with E-state index in [9.17, 15) is 9.59 Å². The molecule has 0 bridgehead atoms. The van der Waals surface area contributed by atoms with E-state index in [0.717, 1.165) is 19.3 Å². The average Bonchev–Trinajstić information content (AvgIpc) is 2.66. The van der Waals surface area contributed by atoms with Crippen LogP contribution >= 0.6 is 0 Å². The highest BCUT2D eigenvalue weighted by atomic mass is 16.4. The normalized spacial score (nSPS) is 25.5. The third-order valence-electron chi connectivity index (χ3n) is 3.46. The maximum atomic E-state index is 11.7. The Morgan fingerprint density at radius 2 is 2.12 bits per heavy atom. The summed E-state index contributed by atoms with van der Waals surface area (Å²) < 4.78 is 0. The molecule has 0 aromatic carbocycles. The maximum Gasteiger partial charge on any atom is 0.306 e. The highest BCUT2D eigenvalue weighted by molar-refractivity contribution is 5.77. The lowest BCUT2D eigenvalue weighted by atomic mass is 10.0. The van der Waals surface area contributed by atoms with Crippen LogP contribution in [0.15, 0.2) is 0 Å². The molecule has 98 valence electrons. The summed E-state index contributed by atoms with van der Waals surface area (Å²) in [6.45, 7) is 4.20. The van der Waals surface area contributed by atoms with Gasteiger partial charge in [-0.15, -0.1) is 0 Å². The number of nitrogens with one attached hydrogen (secondary N) is 1. The van der Waals surface area contributed by atoms with Gasteiger partial charge in [-0.1, -0.05) is 26.7 Å². The molecule has 0 saturated heterocycles. The van der Waals surface area contributed by atoms with Gasteiger partial charge in [-0.3, -0.25) is 9.59 Å². The molecule has 1 aliphatic carbocycles. The minimum absolute atomic E-state index is 0.0671. The molecule has 2 N–H and O–H groups in total. The third kappa shape index (κ3) is 4.75. The van der Waals surface area contributed by atoms with Crippen molar-refractivity contribution in [3.05, 3.63) is 0 Å². The molecule has 4 heteroatoms. The minimum Gasteiger partial charge on any atom is -0.481 e. The van der Waals surface area contributed by atoms with Crippen LogP contribution in [0.2, 0.25) is 0 Å². The molecular formula is C13H23NO3. The van der Waals surface area contributed by atoms with Crippen LogP contribution in [0.1, 0.15) is 52.4 Å². The second-order valence-electron chi connectivity index (χ2n) is 5.21. The van der Waals surface area contributed by atoms with Crippen molar-refractivity contribution in [2.75, 3.05) is 0 Å². The predicted octanol–water partition coefficient (Wildman–Crippen LogP) is 2.18. The van der Waals surface area contributed by atoms with Gasteiger partial charge in [0.2, 0.25) is 5.91 Å². The number of carboxylic acids is 1. The number of aliphatic carboxylic acids is 1. The van der Waals surface area contributed by atoms with Crippen LogP contribution in [-0.4, -0.2) is 23.0 Å². The van der Waals surface area contributed by atoms with Crippen LogP contribution in [0.25, 0.3) is 0 Å². The van der Waals surface area contributed by atoms with Gasteiger partial charge in [0.05, 0.1) is 5.92 Å². The lowest BCUT2D eigenvalue weighted by molar-refractivity contribution is -0.141. The van der Waals surface area contributed by atoms with E-state index in [-0.39, 0.29) is 17.9 Å². The van der Waals surface area contributed by atoms with Gasteiger partial charge in [-0.25, -0.2) is 0 Å². The molecule has 17 heavy (non-hydrogen) atoms. The molecule has 0 aromatic rings. The van der Waals surface area contributed by atoms with Gasteiger partial charge >= 0.3 is 5.97 Å². The number of carbonyl (C=O) groups excluding carboxylic acids is 1. The average molecular weight is 241 g/mol. The van der Waals surface area contributed by atoms with E-state index in [4.69, 9.17) is 5.11 Å². The zero-order valence-electron chi connectivity index (χ0n) is 10.7. The number of amides is 1. The van der Waals surface area contributed by atoms with E-state index in [1.54, 1.807) is 0 Å². The lowest BCUT2D eigenvalue weighted by Gasteiger charge is -2.15. The maximum absolute atomic E-state index is 11.7. The smallest absolute Gasteiger partial charge is 0.306 e. The van der Waals surface area contributed by atoms with Crippen molar-refractivity contribution in [1.82, 2.24) is 5.32 Å².